The molecule has 1 rings (SSSR count). The van der Waals surface area contributed by atoms with Crippen molar-refractivity contribution in [1.82, 2.24) is 14.8 Å². The maximum atomic E-state index is 11.6. The lowest BCUT2D eigenvalue weighted by atomic mass is 10.3. The van der Waals surface area contributed by atoms with Gasteiger partial charge in [0.15, 0.2) is 0 Å². The van der Waals surface area contributed by atoms with Crippen LogP contribution in [0.25, 0.3) is 0 Å². The zero-order valence-corrected chi connectivity index (χ0v) is 11.3. The molecule has 96 valence electrons. The lowest BCUT2D eigenvalue weighted by Gasteiger charge is -2.12. The number of rotatable bonds is 6. The molecule has 1 aromatic heterocycles. The Morgan fingerprint density at radius 1 is 1.29 bits per heavy atom. The van der Waals surface area contributed by atoms with Crippen molar-refractivity contribution >= 4 is 5.91 Å². The minimum absolute atomic E-state index is 0.124. The van der Waals surface area contributed by atoms with E-state index in [1.165, 1.54) is 11.4 Å². The number of hydrogen-bond acceptors (Lipinski definition) is 2. The van der Waals surface area contributed by atoms with Gasteiger partial charge in [-0.3, -0.25) is 4.79 Å². The fraction of sp³-hybridized carbons (Fsp3) is 0.615. The molecule has 0 spiro atoms. The van der Waals surface area contributed by atoms with Crippen LogP contribution in [0.4, 0.5) is 0 Å². The molecule has 0 aliphatic heterocycles. The Kier molecular flexibility index (Phi) is 5.22. The van der Waals surface area contributed by atoms with Gasteiger partial charge in [-0.25, -0.2) is 0 Å². The lowest BCUT2D eigenvalue weighted by Crippen LogP contribution is -2.31. The van der Waals surface area contributed by atoms with E-state index < -0.39 is 0 Å². The van der Waals surface area contributed by atoms with E-state index in [0.717, 1.165) is 19.6 Å². The van der Waals surface area contributed by atoms with Crippen molar-refractivity contribution < 1.29 is 4.79 Å². The number of hydrogen-bond donors (Lipinski definition) is 1. The molecular weight excluding hydrogens is 214 g/mol. The Morgan fingerprint density at radius 3 is 2.41 bits per heavy atom. The Balaban J connectivity index is 2.29. The van der Waals surface area contributed by atoms with Crippen LogP contribution in [-0.4, -0.2) is 42.6 Å². The maximum Gasteiger partial charge on any atom is 0.221 e. The largest absolute Gasteiger partial charge is 0.355 e. The molecule has 0 radical (unpaired) electrons. The minimum Gasteiger partial charge on any atom is -0.355 e. The molecule has 0 aromatic carbocycles. The second-order valence-corrected chi connectivity index (χ2v) is 4.67. The first-order chi connectivity index (χ1) is 8.00. The predicted octanol–water partition coefficient (Wildman–Crippen LogP) is 1.17. The van der Waals surface area contributed by atoms with Crippen LogP contribution in [0.3, 0.4) is 0 Å². The Hall–Kier alpha value is -1.29. The second-order valence-electron chi connectivity index (χ2n) is 4.67. The first-order valence-electron chi connectivity index (χ1n) is 6.05. The van der Waals surface area contributed by atoms with E-state index in [9.17, 15) is 4.79 Å². The Bertz CT molecular complexity index is 349. The third kappa shape index (κ3) is 4.61. The van der Waals surface area contributed by atoms with Gasteiger partial charge in [-0.05, 0) is 40.1 Å². The fourth-order valence-electron chi connectivity index (χ4n) is 1.77. The number of nitrogens with one attached hydrogen (secondary N) is 1. The van der Waals surface area contributed by atoms with Crippen molar-refractivity contribution in [2.75, 3.05) is 27.2 Å². The minimum atomic E-state index is 0.124. The highest BCUT2D eigenvalue weighted by Crippen LogP contribution is 2.07. The highest BCUT2D eigenvalue weighted by molar-refractivity contribution is 5.75. The second kappa shape index (κ2) is 6.45. The molecule has 0 aliphatic rings. The van der Waals surface area contributed by atoms with Gasteiger partial charge in [-0.15, -0.1) is 0 Å². The average Bonchev–Trinajstić information content (AvgIpc) is 2.55. The van der Waals surface area contributed by atoms with Gasteiger partial charge in [-0.2, -0.15) is 0 Å². The van der Waals surface area contributed by atoms with Gasteiger partial charge in [0.2, 0.25) is 5.91 Å². The molecule has 4 heteroatoms. The molecule has 1 N–H and O–H groups in total. The molecular formula is C13H23N3O. The van der Waals surface area contributed by atoms with Gasteiger partial charge in [0.1, 0.15) is 0 Å². The standard InChI is InChI=1S/C13H23N3O/c1-11-5-6-12(2)16(11)9-7-13(17)14-8-10-15(3)4/h5-6H,7-10H2,1-4H3,(H,14,17). The monoisotopic (exact) mass is 237 g/mol. The zero-order chi connectivity index (χ0) is 12.8. The summed E-state index contributed by atoms with van der Waals surface area (Å²) in [6.45, 7) is 6.50. The molecule has 0 fully saturated rings. The molecule has 0 saturated carbocycles. The van der Waals surface area contributed by atoms with E-state index in [-0.39, 0.29) is 5.91 Å². The van der Waals surface area contributed by atoms with Crippen LogP contribution in [0, 0.1) is 13.8 Å². The van der Waals surface area contributed by atoms with Gasteiger partial charge >= 0.3 is 0 Å². The van der Waals surface area contributed by atoms with Crippen LogP contribution >= 0.6 is 0 Å². The van der Waals surface area contributed by atoms with Crippen molar-refractivity contribution in [3.63, 3.8) is 0 Å². The highest BCUT2D eigenvalue weighted by Gasteiger charge is 2.04. The molecule has 0 atom stereocenters. The summed E-state index contributed by atoms with van der Waals surface area (Å²) in [5.41, 5.74) is 2.42. The first kappa shape index (κ1) is 13.8. The summed E-state index contributed by atoms with van der Waals surface area (Å²) in [4.78, 5) is 13.7. The molecule has 0 saturated heterocycles. The number of nitrogens with zero attached hydrogens (tertiary/aromatic N) is 2. The van der Waals surface area contributed by atoms with E-state index in [2.05, 4.69) is 40.8 Å². The summed E-state index contributed by atoms with van der Waals surface area (Å²) in [6.07, 6.45) is 0.545. The Morgan fingerprint density at radius 2 is 1.88 bits per heavy atom. The number of aromatic nitrogens is 1. The van der Waals surface area contributed by atoms with Crippen LogP contribution in [0.5, 0.6) is 0 Å². The maximum absolute atomic E-state index is 11.6. The summed E-state index contributed by atoms with van der Waals surface area (Å²) >= 11 is 0. The van der Waals surface area contributed by atoms with E-state index in [0.29, 0.717) is 6.42 Å². The van der Waals surface area contributed by atoms with Gasteiger partial charge in [0.05, 0.1) is 0 Å². The average molecular weight is 237 g/mol. The summed E-state index contributed by atoms with van der Waals surface area (Å²) in [5.74, 6) is 0.124. The van der Waals surface area contributed by atoms with Crippen LogP contribution in [0.1, 0.15) is 17.8 Å². The number of amides is 1. The lowest BCUT2D eigenvalue weighted by molar-refractivity contribution is -0.121. The highest BCUT2D eigenvalue weighted by atomic mass is 16.1. The van der Waals surface area contributed by atoms with Gasteiger partial charge in [0.25, 0.3) is 0 Å². The number of carbonyl (C=O) groups is 1. The van der Waals surface area contributed by atoms with Crippen molar-refractivity contribution in [3.05, 3.63) is 23.5 Å². The third-order valence-electron chi connectivity index (χ3n) is 2.86. The smallest absolute Gasteiger partial charge is 0.221 e. The van der Waals surface area contributed by atoms with Gasteiger partial charge in [0, 0.05) is 37.4 Å². The summed E-state index contributed by atoms with van der Waals surface area (Å²) < 4.78 is 2.17. The molecule has 0 bridgehead atoms. The van der Waals surface area contributed by atoms with E-state index >= 15 is 0 Å². The number of aryl methyl sites for hydroxylation is 2. The summed E-state index contributed by atoms with van der Waals surface area (Å²) in [5, 5.41) is 2.92. The SMILES string of the molecule is Cc1ccc(C)n1CCC(=O)NCCN(C)C. The molecule has 0 aliphatic carbocycles. The zero-order valence-electron chi connectivity index (χ0n) is 11.3. The van der Waals surface area contributed by atoms with E-state index in [1.54, 1.807) is 0 Å². The van der Waals surface area contributed by atoms with Crippen molar-refractivity contribution in [2.45, 2.75) is 26.8 Å². The first-order valence-corrected chi connectivity index (χ1v) is 6.05. The van der Waals surface area contributed by atoms with Crippen LogP contribution in [-0.2, 0) is 11.3 Å². The van der Waals surface area contributed by atoms with Crippen LogP contribution < -0.4 is 5.32 Å². The van der Waals surface area contributed by atoms with Crippen LogP contribution in [0.15, 0.2) is 12.1 Å². The Labute approximate surface area is 104 Å². The molecule has 4 nitrogen and oxygen atoms in total. The van der Waals surface area contributed by atoms with E-state index in [4.69, 9.17) is 0 Å². The third-order valence-corrected chi connectivity index (χ3v) is 2.86. The molecule has 0 unspecified atom stereocenters. The fourth-order valence-corrected chi connectivity index (χ4v) is 1.77. The van der Waals surface area contributed by atoms with Crippen molar-refractivity contribution in [1.29, 1.82) is 0 Å². The van der Waals surface area contributed by atoms with Gasteiger partial charge < -0.3 is 14.8 Å². The topological polar surface area (TPSA) is 37.3 Å². The number of likely N-dealkylation sites (N-methyl/N-ethyl adjacent to an activating group) is 1. The molecule has 1 aromatic rings. The predicted molar refractivity (Wildman–Crippen MR) is 70.1 cm³/mol. The summed E-state index contributed by atoms with van der Waals surface area (Å²) in [7, 11) is 4.00. The summed E-state index contributed by atoms with van der Waals surface area (Å²) in [6, 6.07) is 4.17. The normalized spacial score (nSPS) is 10.9. The molecule has 17 heavy (non-hydrogen) atoms. The van der Waals surface area contributed by atoms with Crippen molar-refractivity contribution in [2.24, 2.45) is 0 Å². The quantitative estimate of drug-likeness (QED) is 0.806. The van der Waals surface area contributed by atoms with E-state index in [1.807, 2.05) is 14.1 Å². The number of carbonyl (C=O) groups excluding carboxylic acids is 1. The van der Waals surface area contributed by atoms with Crippen molar-refractivity contribution in [3.8, 4) is 0 Å². The molecule has 1 amide bonds. The van der Waals surface area contributed by atoms with Crippen LogP contribution in [0.2, 0.25) is 0 Å². The molecule has 1 heterocycles. The van der Waals surface area contributed by atoms with Gasteiger partial charge in [-0.1, -0.05) is 0 Å².